The average molecular weight is 554 g/mol. The first kappa shape index (κ1) is 23.7. The Morgan fingerprint density at radius 2 is 1.57 bits per heavy atom. The van der Waals surface area contributed by atoms with Crippen molar-refractivity contribution < 1.29 is 19.1 Å². The molecule has 37 heavy (non-hydrogen) atoms. The van der Waals surface area contributed by atoms with Crippen molar-refractivity contribution in [2.45, 2.75) is 32.6 Å². The molecule has 2 aliphatic carbocycles. The zero-order valence-electron chi connectivity index (χ0n) is 20.5. The maximum Gasteiger partial charge on any atom is 0.343 e. The molecule has 0 amide bonds. The molecule has 2 atom stereocenters. The molecule has 5 nitrogen and oxygen atoms in total. The minimum absolute atomic E-state index is 0.00530. The van der Waals surface area contributed by atoms with Gasteiger partial charge in [0, 0.05) is 39.2 Å². The van der Waals surface area contributed by atoms with E-state index in [9.17, 15) is 14.4 Å². The van der Waals surface area contributed by atoms with Gasteiger partial charge in [0.15, 0.2) is 11.6 Å². The van der Waals surface area contributed by atoms with E-state index in [0.717, 1.165) is 27.0 Å². The molecule has 0 aromatic heterocycles. The molecule has 1 heterocycles. The van der Waals surface area contributed by atoms with Crippen LogP contribution >= 0.6 is 15.9 Å². The lowest BCUT2D eigenvalue weighted by molar-refractivity contribution is -0.118. The summed E-state index contributed by atoms with van der Waals surface area (Å²) < 4.78 is 6.45. The van der Waals surface area contributed by atoms with Gasteiger partial charge in [-0.05, 0) is 53.8 Å². The predicted octanol–water partition coefficient (Wildman–Crippen LogP) is 6.71. The maximum absolute atomic E-state index is 13.6. The summed E-state index contributed by atoms with van der Waals surface area (Å²) >= 11 is 3.36. The van der Waals surface area contributed by atoms with E-state index in [4.69, 9.17) is 9.73 Å². The number of allylic oxidation sites excluding steroid dienone is 2. The predicted molar refractivity (Wildman–Crippen MR) is 144 cm³/mol. The molecular weight excluding hydrogens is 530 g/mol. The Balaban J connectivity index is 1.38. The third kappa shape index (κ3) is 4.09. The first-order valence-electron chi connectivity index (χ1n) is 12.3. The molecule has 3 aromatic carbocycles. The third-order valence-corrected chi connectivity index (χ3v) is 7.90. The molecule has 3 aromatic rings. The number of ketones is 2. The molecule has 0 spiro atoms. The highest BCUT2D eigenvalue weighted by molar-refractivity contribution is 9.10. The fraction of sp³-hybridized carbons (Fsp3) is 0.226. The molecule has 0 bridgehead atoms. The smallest absolute Gasteiger partial charge is 0.343 e. The molecular formula is C31H24BrNO4. The lowest BCUT2D eigenvalue weighted by atomic mass is 9.66. The minimum atomic E-state index is -0.544. The normalized spacial score (nSPS) is 21.6. The second-order valence-electron chi connectivity index (χ2n) is 10.6. The van der Waals surface area contributed by atoms with Gasteiger partial charge in [-0.1, -0.05) is 66.2 Å². The number of hydrogen-bond acceptors (Lipinski definition) is 5. The van der Waals surface area contributed by atoms with Crippen molar-refractivity contribution in [1.82, 2.24) is 0 Å². The monoisotopic (exact) mass is 553 g/mol. The Hall–Kier alpha value is -3.64. The Morgan fingerprint density at radius 3 is 2.27 bits per heavy atom. The summed E-state index contributed by atoms with van der Waals surface area (Å²) in [5, 5.41) is 0. The number of carbonyl (C=O) groups is 3. The van der Waals surface area contributed by atoms with Crippen molar-refractivity contribution in [1.29, 1.82) is 0 Å². The lowest BCUT2D eigenvalue weighted by Crippen LogP contribution is -2.37. The highest BCUT2D eigenvalue weighted by Crippen LogP contribution is 2.51. The SMILES string of the molecule is CC1(C)CC(=O)C2=C(C1)N=C1c3ccccc3C(=O)[C@@H]1[C@@H]2c1ccc(OC(=O)c2ccc(Br)cc2)cc1. The van der Waals surface area contributed by atoms with Crippen LogP contribution in [0.2, 0.25) is 0 Å². The summed E-state index contributed by atoms with van der Waals surface area (Å²) in [5.74, 6) is -0.987. The van der Waals surface area contributed by atoms with E-state index < -0.39 is 17.8 Å². The summed E-state index contributed by atoms with van der Waals surface area (Å²) in [5.41, 5.74) is 4.78. The first-order valence-corrected chi connectivity index (χ1v) is 13.1. The summed E-state index contributed by atoms with van der Waals surface area (Å²) in [6.07, 6.45) is 1.10. The van der Waals surface area contributed by atoms with Crippen LogP contribution in [0.1, 0.15) is 64.4 Å². The molecule has 0 saturated carbocycles. The second kappa shape index (κ2) is 8.73. The number of benzene rings is 3. The number of Topliss-reactive ketones (excluding diaryl/α,β-unsaturated/α-hetero) is 2. The van der Waals surface area contributed by atoms with E-state index in [1.54, 1.807) is 36.4 Å². The third-order valence-electron chi connectivity index (χ3n) is 7.37. The summed E-state index contributed by atoms with van der Waals surface area (Å²) in [4.78, 5) is 44.6. The van der Waals surface area contributed by atoms with Crippen molar-refractivity contribution >= 4 is 39.2 Å². The van der Waals surface area contributed by atoms with Gasteiger partial charge >= 0.3 is 5.97 Å². The largest absolute Gasteiger partial charge is 0.423 e. The standard InChI is InChI=1S/C31H24BrNO4/c1-31(2)15-23-26(24(34)16-31)25(27-28(33-23)21-5-3-4-6-22(21)29(27)35)17-9-13-20(14-10-17)37-30(36)18-7-11-19(32)12-8-18/h3-14,25,27H,15-16H2,1-2H3/t25-,27-/m1/s1. The van der Waals surface area contributed by atoms with Gasteiger partial charge < -0.3 is 4.74 Å². The summed E-state index contributed by atoms with van der Waals surface area (Å²) in [6.45, 7) is 4.16. The van der Waals surface area contributed by atoms with Gasteiger partial charge in [0.2, 0.25) is 0 Å². The molecule has 184 valence electrons. The second-order valence-corrected chi connectivity index (χ2v) is 11.5. The zero-order valence-corrected chi connectivity index (χ0v) is 22.0. The van der Waals surface area contributed by atoms with E-state index in [1.165, 1.54) is 0 Å². The fourth-order valence-corrected chi connectivity index (χ4v) is 6.00. The van der Waals surface area contributed by atoms with Gasteiger partial charge in [-0.3, -0.25) is 14.6 Å². The maximum atomic E-state index is 13.6. The topological polar surface area (TPSA) is 72.8 Å². The van der Waals surface area contributed by atoms with Crippen LogP contribution in [0.4, 0.5) is 0 Å². The molecule has 0 N–H and O–H groups in total. The van der Waals surface area contributed by atoms with E-state index in [0.29, 0.717) is 35.3 Å². The van der Waals surface area contributed by atoms with Crippen LogP contribution in [0, 0.1) is 11.3 Å². The molecule has 0 fully saturated rings. The van der Waals surface area contributed by atoms with Crippen LogP contribution in [0.25, 0.3) is 0 Å². The highest BCUT2D eigenvalue weighted by Gasteiger charge is 2.50. The summed E-state index contributed by atoms with van der Waals surface area (Å²) in [6, 6.07) is 21.7. The fourth-order valence-electron chi connectivity index (χ4n) is 5.74. The quantitative estimate of drug-likeness (QED) is 0.267. The number of halogens is 1. The van der Waals surface area contributed by atoms with Crippen molar-refractivity contribution in [3.05, 3.63) is 111 Å². The molecule has 6 heteroatoms. The Morgan fingerprint density at radius 1 is 0.892 bits per heavy atom. The number of hydrogen-bond donors (Lipinski definition) is 0. The van der Waals surface area contributed by atoms with Gasteiger partial charge in [-0.15, -0.1) is 0 Å². The van der Waals surface area contributed by atoms with E-state index >= 15 is 0 Å². The van der Waals surface area contributed by atoms with Crippen LogP contribution in [0.5, 0.6) is 5.75 Å². The van der Waals surface area contributed by atoms with Crippen molar-refractivity contribution in [3.8, 4) is 5.75 Å². The first-order chi connectivity index (χ1) is 17.7. The number of ether oxygens (including phenoxy) is 1. The molecule has 1 aliphatic heterocycles. The van der Waals surface area contributed by atoms with Crippen molar-refractivity contribution in [2.24, 2.45) is 16.3 Å². The molecule has 3 aliphatic rings. The number of nitrogens with zero attached hydrogens (tertiary/aromatic N) is 1. The molecule has 6 rings (SSSR count). The van der Waals surface area contributed by atoms with E-state index in [2.05, 4.69) is 29.8 Å². The number of fused-ring (bicyclic) bond motifs is 3. The number of aliphatic imine (C=N–C) groups is 1. The average Bonchev–Trinajstić information content (AvgIpc) is 3.15. The van der Waals surface area contributed by atoms with Gasteiger partial charge in [0.1, 0.15) is 5.75 Å². The van der Waals surface area contributed by atoms with Crippen LogP contribution < -0.4 is 4.74 Å². The van der Waals surface area contributed by atoms with Crippen LogP contribution in [-0.4, -0.2) is 23.2 Å². The van der Waals surface area contributed by atoms with Gasteiger partial charge in [-0.25, -0.2) is 4.79 Å². The number of rotatable bonds is 3. The van der Waals surface area contributed by atoms with Gasteiger partial charge in [0.25, 0.3) is 0 Å². The molecule has 0 radical (unpaired) electrons. The zero-order chi connectivity index (χ0) is 25.9. The Kier molecular flexibility index (Phi) is 5.60. The van der Waals surface area contributed by atoms with Crippen LogP contribution in [-0.2, 0) is 4.79 Å². The number of esters is 1. The van der Waals surface area contributed by atoms with Gasteiger partial charge in [0.05, 0.1) is 17.2 Å². The minimum Gasteiger partial charge on any atom is -0.423 e. The Bertz CT molecular complexity index is 1530. The van der Waals surface area contributed by atoms with Gasteiger partial charge in [-0.2, -0.15) is 0 Å². The van der Waals surface area contributed by atoms with Crippen LogP contribution in [0.3, 0.4) is 0 Å². The Labute approximate surface area is 223 Å². The highest BCUT2D eigenvalue weighted by atomic mass is 79.9. The number of carbonyl (C=O) groups excluding carboxylic acids is 3. The summed E-state index contributed by atoms with van der Waals surface area (Å²) in [7, 11) is 0. The van der Waals surface area contributed by atoms with Crippen molar-refractivity contribution in [3.63, 3.8) is 0 Å². The van der Waals surface area contributed by atoms with Crippen molar-refractivity contribution in [2.75, 3.05) is 0 Å². The van der Waals surface area contributed by atoms with E-state index in [-0.39, 0.29) is 17.0 Å². The van der Waals surface area contributed by atoms with Crippen LogP contribution in [0.15, 0.2) is 93.5 Å². The molecule has 0 unspecified atom stereocenters. The van der Waals surface area contributed by atoms with E-state index in [1.807, 2.05) is 36.4 Å². The molecule has 0 saturated heterocycles. The lowest BCUT2D eigenvalue weighted by Gasteiger charge is -2.38.